The van der Waals surface area contributed by atoms with Gasteiger partial charge in [-0.3, -0.25) is 9.69 Å². The second-order valence-electron chi connectivity index (χ2n) is 4.50. The molecule has 0 spiro atoms. The number of carbonyl (C=O) groups is 1. The van der Waals surface area contributed by atoms with E-state index in [4.69, 9.17) is 9.26 Å². The maximum atomic E-state index is 11.4. The molecule has 0 radical (unpaired) electrons. The van der Waals surface area contributed by atoms with Crippen LogP contribution in [0, 0.1) is 12.8 Å². The van der Waals surface area contributed by atoms with Gasteiger partial charge in [0.15, 0.2) is 0 Å². The van der Waals surface area contributed by atoms with Crippen LogP contribution < -0.4 is 0 Å². The quantitative estimate of drug-likeness (QED) is 0.744. The highest BCUT2D eigenvalue weighted by Crippen LogP contribution is 2.19. The highest BCUT2D eigenvalue weighted by Gasteiger charge is 2.25. The summed E-state index contributed by atoms with van der Waals surface area (Å²) < 4.78 is 9.79. The zero-order valence-electron chi connectivity index (χ0n) is 10.3. The summed E-state index contributed by atoms with van der Waals surface area (Å²) in [7, 11) is 1.45. The van der Waals surface area contributed by atoms with Gasteiger partial charge in [0, 0.05) is 12.6 Å². The smallest absolute Gasteiger partial charge is 0.308 e. The van der Waals surface area contributed by atoms with Gasteiger partial charge in [-0.2, -0.15) is 0 Å². The van der Waals surface area contributed by atoms with Crippen LogP contribution >= 0.6 is 0 Å². The van der Waals surface area contributed by atoms with Gasteiger partial charge in [-0.15, -0.1) is 0 Å². The summed E-state index contributed by atoms with van der Waals surface area (Å²) in [5.41, 5.74) is 0.957. The van der Waals surface area contributed by atoms with Crippen molar-refractivity contribution in [2.24, 2.45) is 5.92 Å². The molecule has 1 aromatic rings. The predicted octanol–water partition coefficient (Wildman–Crippen LogP) is 1.37. The minimum atomic E-state index is -0.0815. The molecule has 5 heteroatoms. The van der Waals surface area contributed by atoms with Crippen LogP contribution in [0.5, 0.6) is 0 Å². The zero-order valence-corrected chi connectivity index (χ0v) is 10.3. The normalized spacial score (nSPS) is 18.2. The number of rotatable bonds is 3. The minimum Gasteiger partial charge on any atom is -0.469 e. The molecule has 1 aromatic heterocycles. The van der Waals surface area contributed by atoms with Crippen LogP contribution in [-0.2, 0) is 16.1 Å². The third kappa shape index (κ3) is 3.06. The second kappa shape index (κ2) is 5.31. The van der Waals surface area contributed by atoms with Crippen molar-refractivity contribution in [3.63, 3.8) is 0 Å². The van der Waals surface area contributed by atoms with E-state index in [-0.39, 0.29) is 11.9 Å². The summed E-state index contributed by atoms with van der Waals surface area (Å²) in [5, 5.41) is 3.97. The Labute approximate surface area is 101 Å². The van der Waals surface area contributed by atoms with Crippen LogP contribution in [0.4, 0.5) is 0 Å². The van der Waals surface area contributed by atoms with Gasteiger partial charge in [0.2, 0.25) is 0 Å². The van der Waals surface area contributed by atoms with Crippen molar-refractivity contribution < 1.29 is 14.1 Å². The lowest BCUT2D eigenvalue weighted by Gasteiger charge is -2.29. The van der Waals surface area contributed by atoms with Crippen LogP contribution in [0.3, 0.4) is 0 Å². The van der Waals surface area contributed by atoms with E-state index in [9.17, 15) is 4.79 Å². The van der Waals surface area contributed by atoms with Crippen LogP contribution in [0.15, 0.2) is 10.6 Å². The summed E-state index contributed by atoms with van der Waals surface area (Å²) in [6.45, 7) is 4.50. The molecule has 0 bridgehead atoms. The lowest BCUT2D eigenvalue weighted by Crippen LogP contribution is -2.36. The molecule has 1 fully saturated rings. The average molecular weight is 238 g/mol. The van der Waals surface area contributed by atoms with Gasteiger partial charge < -0.3 is 9.26 Å². The molecule has 2 rings (SSSR count). The highest BCUT2D eigenvalue weighted by atomic mass is 16.5. The van der Waals surface area contributed by atoms with E-state index >= 15 is 0 Å². The summed E-state index contributed by atoms with van der Waals surface area (Å²) >= 11 is 0. The van der Waals surface area contributed by atoms with Gasteiger partial charge in [-0.05, 0) is 32.9 Å². The van der Waals surface area contributed by atoms with Crippen LogP contribution in [0.25, 0.3) is 0 Å². The SMILES string of the molecule is COC(=O)C1CCN(Cc2cc(C)on2)CC1. The Morgan fingerprint density at radius 1 is 1.59 bits per heavy atom. The highest BCUT2D eigenvalue weighted by molar-refractivity contribution is 5.72. The molecule has 2 heterocycles. The number of ether oxygens (including phenoxy) is 1. The van der Waals surface area contributed by atoms with Gasteiger partial charge >= 0.3 is 5.97 Å². The van der Waals surface area contributed by atoms with Gasteiger partial charge in [0.1, 0.15) is 5.76 Å². The maximum absolute atomic E-state index is 11.4. The number of likely N-dealkylation sites (tertiary alicyclic amines) is 1. The first-order chi connectivity index (χ1) is 8.19. The molecular weight excluding hydrogens is 220 g/mol. The number of hydrogen-bond donors (Lipinski definition) is 0. The number of aryl methyl sites for hydroxylation is 1. The molecule has 1 aliphatic rings. The Bertz CT molecular complexity index is 381. The van der Waals surface area contributed by atoms with Crippen LogP contribution in [0.2, 0.25) is 0 Å². The molecule has 0 N–H and O–H groups in total. The molecule has 0 amide bonds. The summed E-state index contributed by atoms with van der Waals surface area (Å²) in [6, 6.07) is 1.95. The Balaban J connectivity index is 1.81. The maximum Gasteiger partial charge on any atom is 0.308 e. The third-order valence-corrected chi connectivity index (χ3v) is 3.18. The minimum absolute atomic E-state index is 0.0651. The van der Waals surface area contributed by atoms with Crippen molar-refractivity contribution in [1.82, 2.24) is 10.1 Å². The Kier molecular flexibility index (Phi) is 3.78. The number of methoxy groups -OCH3 is 1. The van der Waals surface area contributed by atoms with E-state index in [1.807, 2.05) is 13.0 Å². The summed E-state index contributed by atoms with van der Waals surface area (Å²) in [4.78, 5) is 13.7. The van der Waals surface area contributed by atoms with Gasteiger partial charge in [0.25, 0.3) is 0 Å². The number of hydrogen-bond acceptors (Lipinski definition) is 5. The van der Waals surface area contributed by atoms with Gasteiger partial charge in [-0.25, -0.2) is 0 Å². The fraction of sp³-hybridized carbons (Fsp3) is 0.667. The summed E-state index contributed by atoms with van der Waals surface area (Å²) in [5.74, 6) is 0.821. The van der Waals surface area contributed by atoms with Crippen molar-refractivity contribution in [3.8, 4) is 0 Å². The zero-order chi connectivity index (χ0) is 12.3. The monoisotopic (exact) mass is 238 g/mol. The first-order valence-electron chi connectivity index (χ1n) is 5.91. The first kappa shape index (κ1) is 12.1. The summed E-state index contributed by atoms with van der Waals surface area (Å²) in [6.07, 6.45) is 1.73. The molecule has 1 saturated heterocycles. The predicted molar refractivity (Wildman–Crippen MR) is 61.3 cm³/mol. The number of nitrogens with zero attached hydrogens (tertiary/aromatic N) is 2. The molecule has 0 aliphatic carbocycles. The number of esters is 1. The van der Waals surface area contributed by atoms with Gasteiger partial charge in [0.05, 0.1) is 18.7 Å². The van der Waals surface area contributed by atoms with E-state index < -0.39 is 0 Å². The fourth-order valence-electron chi connectivity index (χ4n) is 2.22. The topological polar surface area (TPSA) is 55.6 Å². The van der Waals surface area contributed by atoms with Crippen molar-refractivity contribution in [2.45, 2.75) is 26.3 Å². The average Bonchev–Trinajstić information content (AvgIpc) is 2.75. The molecule has 0 unspecified atom stereocenters. The fourth-order valence-corrected chi connectivity index (χ4v) is 2.22. The molecule has 17 heavy (non-hydrogen) atoms. The molecular formula is C12H18N2O3. The molecule has 0 atom stereocenters. The van der Waals surface area contributed by atoms with Crippen molar-refractivity contribution in [2.75, 3.05) is 20.2 Å². The van der Waals surface area contributed by atoms with E-state index in [0.29, 0.717) is 0 Å². The number of piperidine rings is 1. The molecule has 5 nitrogen and oxygen atoms in total. The van der Waals surface area contributed by atoms with E-state index in [1.54, 1.807) is 0 Å². The third-order valence-electron chi connectivity index (χ3n) is 3.18. The number of aromatic nitrogens is 1. The second-order valence-corrected chi connectivity index (χ2v) is 4.50. The van der Waals surface area contributed by atoms with Crippen LogP contribution in [-0.4, -0.2) is 36.2 Å². The van der Waals surface area contributed by atoms with E-state index in [1.165, 1.54) is 7.11 Å². The van der Waals surface area contributed by atoms with E-state index in [2.05, 4.69) is 10.1 Å². The van der Waals surface area contributed by atoms with Crippen molar-refractivity contribution in [1.29, 1.82) is 0 Å². The largest absolute Gasteiger partial charge is 0.469 e. The van der Waals surface area contributed by atoms with Gasteiger partial charge in [-0.1, -0.05) is 5.16 Å². The van der Waals surface area contributed by atoms with Crippen molar-refractivity contribution in [3.05, 3.63) is 17.5 Å². The first-order valence-corrected chi connectivity index (χ1v) is 5.91. The Morgan fingerprint density at radius 2 is 2.29 bits per heavy atom. The molecule has 1 aliphatic heterocycles. The van der Waals surface area contributed by atoms with E-state index in [0.717, 1.165) is 43.9 Å². The standard InChI is InChI=1S/C12H18N2O3/c1-9-7-11(13-17-9)8-14-5-3-10(4-6-14)12(15)16-2/h7,10H,3-6,8H2,1-2H3. The molecule has 0 saturated carbocycles. The Morgan fingerprint density at radius 3 is 2.82 bits per heavy atom. The lowest BCUT2D eigenvalue weighted by atomic mass is 9.97. The molecule has 94 valence electrons. The lowest BCUT2D eigenvalue weighted by molar-refractivity contribution is -0.147. The van der Waals surface area contributed by atoms with Crippen molar-refractivity contribution >= 4 is 5.97 Å². The molecule has 0 aromatic carbocycles. The Hall–Kier alpha value is -1.36. The van der Waals surface area contributed by atoms with Crippen LogP contribution in [0.1, 0.15) is 24.3 Å². The number of carbonyl (C=O) groups excluding carboxylic acids is 1.